The van der Waals surface area contributed by atoms with Crippen molar-refractivity contribution in [3.63, 3.8) is 0 Å². The maximum atomic E-state index is 13.0. The molecule has 154 valence electrons. The first-order valence-electron chi connectivity index (χ1n) is 10.1. The molecule has 3 rings (SSSR count). The van der Waals surface area contributed by atoms with Gasteiger partial charge in [-0.1, -0.05) is 49.9 Å². The summed E-state index contributed by atoms with van der Waals surface area (Å²) in [5, 5.41) is 3.26. The maximum absolute atomic E-state index is 13.0. The number of hydrogen-bond acceptors (Lipinski definition) is 3. The summed E-state index contributed by atoms with van der Waals surface area (Å²) in [5.74, 6) is 0.423. The van der Waals surface area contributed by atoms with Crippen LogP contribution in [-0.4, -0.2) is 18.4 Å². The second-order valence-corrected chi connectivity index (χ2v) is 7.75. The highest BCUT2D eigenvalue weighted by atomic mass is 35.5. The number of ether oxygens (including phenoxy) is 1. The molecule has 0 spiro atoms. The molecule has 1 N–H and O–H groups in total. The van der Waals surface area contributed by atoms with E-state index in [-0.39, 0.29) is 11.8 Å². The number of halogens is 1. The Kier molecular flexibility index (Phi) is 7.15. The molecule has 1 aliphatic heterocycles. The van der Waals surface area contributed by atoms with Gasteiger partial charge >= 0.3 is 0 Å². The van der Waals surface area contributed by atoms with Crippen LogP contribution in [0.3, 0.4) is 0 Å². The molecule has 2 aromatic carbocycles. The topological polar surface area (TPSA) is 58.6 Å². The molecule has 0 fully saturated rings. The van der Waals surface area contributed by atoms with Gasteiger partial charge in [0, 0.05) is 23.2 Å². The molecule has 1 unspecified atom stereocenters. The van der Waals surface area contributed by atoms with Gasteiger partial charge in [0.15, 0.2) is 0 Å². The van der Waals surface area contributed by atoms with E-state index in [1.807, 2.05) is 30.3 Å². The van der Waals surface area contributed by atoms with Gasteiger partial charge in [-0.2, -0.15) is 0 Å². The minimum absolute atomic E-state index is 0.159. The molecule has 0 saturated heterocycles. The monoisotopic (exact) mass is 414 g/mol. The Hall–Kier alpha value is -2.53. The Morgan fingerprint density at radius 2 is 1.90 bits per heavy atom. The number of benzene rings is 2. The molecule has 1 heterocycles. The highest BCUT2D eigenvalue weighted by molar-refractivity contribution is 6.31. The van der Waals surface area contributed by atoms with Crippen molar-refractivity contribution < 1.29 is 14.3 Å². The van der Waals surface area contributed by atoms with Crippen LogP contribution in [0, 0.1) is 0 Å². The average molecular weight is 415 g/mol. The zero-order chi connectivity index (χ0) is 20.8. The molecule has 29 heavy (non-hydrogen) atoms. The summed E-state index contributed by atoms with van der Waals surface area (Å²) in [6.07, 6.45) is 4.69. The second-order valence-electron chi connectivity index (χ2n) is 7.31. The molecule has 5 nitrogen and oxygen atoms in total. The van der Waals surface area contributed by atoms with Gasteiger partial charge < -0.3 is 15.0 Å². The third-order valence-electron chi connectivity index (χ3n) is 4.98. The van der Waals surface area contributed by atoms with E-state index in [0.717, 1.165) is 35.6 Å². The summed E-state index contributed by atoms with van der Waals surface area (Å²) in [6, 6.07) is 12.4. The van der Waals surface area contributed by atoms with Gasteiger partial charge in [0.1, 0.15) is 11.8 Å². The third kappa shape index (κ3) is 5.30. The zero-order valence-corrected chi connectivity index (χ0v) is 17.7. The van der Waals surface area contributed by atoms with Crippen molar-refractivity contribution in [2.24, 2.45) is 0 Å². The summed E-state index contributed by atoms with van der Waals surface area (Å²) in [5.41, 5.74) is 2.49. The quantitative estimate of drug-likeness (QED) is 0.586. The van der Waals surface area contributed by atoms with Crippen molar-refractivity contribution >= 4 is 29.1 Å². The number of rotatable bonds is 9. The van der Waals surface area contributed by atoms with Crippen molar-refractivity contribution in [1.29, 1.82) is 0 Å². The first-order valence-corrected chi connectivity index (χ1v) is 10.5. The van der Waals surface area contributed by atoms with E-state index in [2.05, 4.69) is 12.2 Å². The van der Waals surface area contributed by atoms with Crippen LogP contribution in [0.1, 0.15) is 56.7 Å². The normalized spacial score (nSPS) is 15.3. The van der Waals surface area contributed by atoms with Crippen molar-refractivity contribution in [1.82, 2.24) is 5.32 Å². The number of carbonyl (C=O) groups excluding carboxylic acids is 2. The number of nitrogens with one attached hydrogen (secondary N) is 1. The van der Waals surface area contributed by atoms with Crippen LogP contribution in [0.5, 0.6) is 5.75 Å². The lowest BCUT2D eigenvalue weighted by Gasteiger charge is -2.18. The molecule has 6 heteroatoms. The van der Waals surface area contributed by atoms with Gasteiger partial charge in [-0.15, -0.1) is 0 Å². The molecule has 0 aliphatic carbocycles. The summed E-state index contributed by atoms with van der Waals surface area (Å²) in [7, 11) is 0. The number of nitrogens with zero attached hydrogens (tertiary/aromatic N) is 1. The maximum Gasteiger partial charge on any atom is 0.254 e. The van der Waals surface area contributed by atoms with Crippen molar-refractivity contribution in [2.75, 3.05) is 11.5 Å². The molecular formula is C23H27ClN2O3. The third-order valence-corrected chi connectivity index (χ3v) is 5.22. The summed E-state index contributed by atoms with van der Waals surface area (Å²) in [4.78, 5) is 26.2. The minimum atomic E-state index is -0.702. The zero-order valence-electron chi connectivity index (χ0n) is 16.9. The van der Waals surface area contributed by atoms with Crippen LogP contribution in [0.25, 0.3) is 0 Å². The number of hydrogen-bond donors (Lipinski definition) is 1. The van der Waals surface area contributed by atoms with Gasteiger partial charge in [-0.3, -0.25) is 9.59 Å². The second kappa shape index (κ2) is 9.79. The first kappa shape index (κ1) is 21.2. The largest absolute Gasteiger partial charge is 0.494 e. The SMILES string of the molecule is CCCCCCOc1ccc(CN2C(=O)C(NC(C)=O)c3cc(Cl)ccc32)cc1. The molecule has 1 atom stereocenters. The summed E-state index contributed by atoms with van der Waals surface area (Å²) in [6.45, 7) is 4.73. The average Bonchev–Trinajstić information content (AvgIpc) is 2.94. The van der Waals surface area contributed by atoms with Gasteiger partial charge in [0.2, 0.25) is 5.91 Å². The van der Waals surface area contributed by atoms with Crippen LogP contribution in [0.15, 0.2) is 42.5 Å². The lowest BCUT2D eigenvalue weighted by Crippen LogP contribution is -2.36. The number of unbranched alkanes of at least 4 members (excludes halogenated alkanes) is 3. The van der Waals surface area contributed by atoms with E-state index in [1.165, 1.54) is 26.2 Å². The Balaban J connectivity index is 1.68. The van der Waals surface area contributed by atoms with E-state index in [9.17, 15) is 9.59 Å². The fourth-order valence-electron chi connectivity index (χ4n) is 3.51. The van der Waals surface area contributed by atoms with Crippen LogP contribution < -0.4 is 15.0 Å². The van der Waals surface area contributed by atoms with Gasteiger partial charge in [-0.05, 0) is 42.3 Å². The highest BCUT2D eigenvalue weighted by Gasteiger charge is 2.37. The molecule has 2 aromatic rings. The molecule has 0 radical (unpaired) electrons. The first-order chi connectivity index (χ1) is 14.0. The predicted molar refractivity (Wildman–Crippen MR) is 115 cm³/mol. The molecule has 0 bridgehead atoms. The lowest BCUT2D eigenvalue weighted by molar-refractivity contribution is -0.126. The Bertz CT molecular complexity index is 867. The Labute approximate surface area is 177 Å². The molecule has 0 saturated carbocycles. The standard InChI is InChI=1S/C23H27ClN2O3/c1-3-4-5-6-13-29-19-10-7-17(8-11-19)15-26-21-12-9-18(24)14-20(21)22(23(26)28)25-16(2)27/h7-12,14,22H,3-6,13,15H2,1-2H3,(H,25,27). The molecule has 2 amide bonds. The number of anilines is 1. The smallest absolute Gasteiger partial charge is 0.254 e. The van der Waals surface area contributed by atoms with Crippen molar-refractivity contribution in [3.8, 4) is 5.75 Å². The van der Waals surface area contributed by atoms with E-state index in [4.69, 9.17) is 16.3 Å². The van der Waals surface area contributed by atoms with E-state index >= 15 is 0 Å². The summed E-state index contributed by atoms with van der Waals surface area (Å²) >= 11 is 6.11. The number of carbonyl (C=O) groups is 2. The van der Waals surface area contributed by atoms with Crippen LogP contribution in [0.2, 0.25) is 5.02 Å². The van der Waals surface area contributed by atoms with Crippen LogP contribution in [-0.2, 0) is 16.1 Å². The predicted octanol–water partition coefficient (Wildman–Crippen LogP) is 5.02. The van der Waals surface area contributed by atoms with E-state index < -0.39 is 6.04 Å². The van der Waals surface area contributed by atoms with Gasteiger partial charge in [0.05, 0.1) is 13.2 Å². The van der Waals surface area contributed by atoms with Crippen molar-refractivity contribution in [3.05, 3.63) is 58.6 Å². The Morgan fingerprint density at radius 1 is 1.14 bits per heavy atom. The molecule has 1 aliphatic rings. The minimum Gasteiger partial charge on any atom is -0.494 e. The van der Waals surface area contributed by atoms with Gasteiger partial charge in [-0.25, -0.2) is 0 Å². The van der Waals surface area contributed by atoms with Crippen molar-refractivity contribution in [2.45, 2.75) is 52.1 Å². The fourth-order valence-corrected chi connectivity index (χ4v) is 3.69. The summed E-state index contributed by atoms with van der Waals surface area (Å²) < 4.78 is 5.79. The highest BCUT2D eigenvalue weighted by Crippen LogP contribution is 2.38. The van der Waals surface area contributed by atoms with Gasteiger partial charge in [0.25, 0.3) is 5.91 Å². The van der Waals surface area contributed by atoms with E-state index in [0.29, 0.717) is 11.6 Å². The fraction of sp³-hybridized carbons (Fsp3) is 0.391. The molecule has 0 aromatic heterocycles. The van der Waals surface area contributed by atoms with E-state index in [1.54, 1.807) is 17.0 Å². The number of amides is 2. The van der Waals surface area contributed by atoms with Crippen LogP contribution >= 0.6 is 11.6 Å². The van der Waals surface area contributed by atoms with Crippen LogP contribution in [0.4, 0.5) is 5.69 Å². The lowest BCUT2D eigenvalue weighted by atomic mass is 10.1. The molecular weight excluding hydrogens is 388 g/mol. The number of fused-ring (bicyclic) bond motifs is 1. The Morgan fingerprint density at radius 3 is 2.59 bits per heavy atom.